The Balaban J connectivity index is 1.48. The monoisotopic (exact) mass is 424 g/mol. The van der Waals surface area contributed by atoms with E-state index < -0.39 is 0 Å². The van der Waals surface area contributed by atoms with Crippen molar-refractivity contribution in [2.45, 2.75) is 90.9 Å². The molecule has 0 N–H and O–H groups in total. The van der Waals surface area contributed by atoms with Crippen molar-refractivity contribution in [2.75, 3.05) is 0 Å². The molecule has 0 heteroatoms. The van der Waals surface area contributed by atoms with Crippen molar-refractivity contribution < 1.29 is 0 Å². The van der Waals surface area contributed by atoms with Crippen LogP contribution >= 0.6 is 0 Å². The number of benzene rings is 2. The van der Waals surface area contributed by atoms with Gasteiger partial charge in [0, 0.05) is 0 Å². The van der Waals surface area contributed by atoms with Crippen molar-refractivity contribution in [2.24, 2.45) is 11.3 Å². The van der Waals surface area contributed by atoms with Crippen LogP contribution in [0.4, 0.5) is 0 Å². The predicted molar refractivity (Wildman–Crippen MR) is 138 cm³/mol. The van der Waals surface area contributed by atoms with Crippen LogP contribution in [0.2, 0.25) is 0 Å². The van der Waals surface area contributed by atoms with E-state index in [1.165, 1.54) is 80.9 Å². The van der Waals surface area contributed by atoms with Crippen LogP contribution in [0.1, 0.15) is 98.4 Å². The van der Waals surface area contributed by atoms with Gasteiger partial charge in [0.05, 0.1) is 0 Å². The van der Waals surface area contributed by atoms with Gasteiger partial charge in [-0.05, 0) is 116 Å². The Kier molecular flexibility index (Phi) is 6.15. The molecule has 5 rings (SSSR count). The fourth-order valence-electron chi connectivity index (χ4n) is 6.57. The number of rotatable bonds is 7. The fraction of sp³-hybridized carbons (Fsp3) is 0.500. The van der Waals surface area contributed by atoms with E-state index >= 15 is 0 Å². The number of hydrogen-bond donors (Lipinski definition) is 0. The molecule has 0 radical (unpaired) electrons. The van der Waals surface area contributed by atoms with Crippen LogP contribution in [0.25, 0.3) is 5.57 Å². The second-order valence-electron chi connectivity index (χ2n) is 10.9. The molecule has 2 aromatic rings. The summed E-state index contributed by atoms with van der Waals surface area (Å²) in [5, 5.41) is 0. The van der Waals surface area contributed by atoms with E-state index in [0.29, 0.717) is 11.3 Å². The van der Waals surface area contributed by atoms with Crippen molar-refractivity contribution in [3.05, 3.63) is 88.0 Å². The second kappa shape index (κ2) is 9.05. The van der Waals surface area contributed by atoms with E-state index in [0.717, 1.165) is 5.92 Å². The van der Waals surface area contributed by atoms with Crippen LogP contribution < -0.4 is 0 Å². The molecular weight excluding hydrogens is 384 g/mol. The summed E-state index contributed by atoms with van der Waals surface area (Å²) in [6, 6.07) is 16.4. The summed E-state index contributed by atoms with van der Waals surface area (Å²) >= 11 is 0. The molecule has 2 fully saturated rings. The maximum atomic E-state index is 2.64. The first kappa shape index (κ1) is 21.7. The van der Waals surface area contributed by atoms with Crippen LogP contribution in [0, 0.1) is 25.2 Å². The lowest BCUT2D eigenvalue weighted by Crippen LogP contribution is -2.23. The molecular formula is C32H40. The molecule has 32 heavy (non-hydrogen) atoms. The fourth-order valence-corrected chi connectivity index (χ4v) is 6.57. The Morgan fingerprint density at radius 1 is 0.938 bits per heavy atom. The molecule has 0 nitrogen and oxygen atoms in total. The molecule has 0 bridgehead atoms. The molecule has 168 valence electrons. The molecule has 0 amide bonds. The van der Waals surface area contributed by atoms with Crippen molar-refractivity contribution in [1.29, 1.82) is 0 Å². The summed E-state index contributed by atoms with van der Waals surface area (Å²) in [5.74, 6) is 1.59. The molecule has 3 aliphatic rings. The Morgan fingerprint density at radius 2 is 1.69 bits per heavy atom. The molecule has 0 heterocycles. The minimum atomic E-state index is 0.359. The first-order valence-corrected chi connectivity index (χ1v) is 13.1. The van der Waals surface area contributed by atoms with Gasteiger partial charge >= 0.3 is 0 Å². The van der Waals surface area contributed by atoms with E-state index in [1.54, 1.807) is 22.3 Å². The highest BCUT2D eigenvalue weighted by Gasteiger charge is 2.40. The lowest BCUT2D eigenvalue weighted by Gasteiger charge is -2.37. The highest BCUT2D eigenvalue weighted by Crippen LogP contribution is 2.54. The third-order valence-corrected chi connectivity index (χ3v) is 8.73. The SMILES string of the molecule is Cc1ccc(C)c(CCC2(C3=CCCC=C3c3ccccc3C(C)C3CC3)CCCC2)c1. The standard InChI is InChI=1S/C32H40/c1-23-14-15-24(2)27(22-23)18-21-32(19-8-9-20-32)31-13-7-6-12-30(31)29-11-5-4-10-28(29)25(3)26-16-17-26/h4-5,10-15,22,25-26H,6-9,16-21H2,1-3H3. The van der Waals surface area contributed by atoms with Gasteiger partial charge in [-0.1, -0.05) is 79.9 Å². The average molecular weight is 425 g/mol. The number of aryl methyl sites for hydroxylation is 3. The van der Waals surface area contributed by atoms with Gasteiger partial charge in [0.2, 0.25) is 0 Å². The van der Waals surface area contributed by atoms with Gasteiger partial charge < -0.3 is 0 Å². The smallest absolute Gasteiger partial charge is 0.00409 e. The zero-order valence-electron chi connectivity index (χ0n) is 20.4. The zero-order valence-corrected chi connectivity index (χ0v) is 20.4. The van der Waals surface area contributed by atoms with E-state index in [4.69, 9.17) is 0 Å². The molecule has 1 atom stereocenters. The van der Waals surface area contributed by atoms with E-state index in [2.05, 4.69) is 75.4 Å². The highest BCUT2D eigenvalue weighted by molar-refractivity contribution is 5.83. The Bertz CT molecular complexity index is 1020. The van der Waals surface area contributed by atoms with Crippen LogP contribution in [-0.2, 0) is 6.42 Å². The zero-order chi connectivity index (χ0) is 22.1. The Hall–Kier alpha value is -2.08. The number of allylic oxidation sites excluding steroid dienone is 4. The maximum absolute atomic E-state index is 2.64. The van der Waals surface area contributed by atoms with E-state index in [9.17, 15) is 0 Å². The Morgan fingerprint density at radius 3 is 2.47 bits per heavy atom. The molecule has 0 saturated heterocycles. The maximum Gasteiger partial charge on any atom is -0.00409 e. The topological polar surface area (TPSA) is 0 Å². The van der Waals surface area contributed by atoms with Crippen molar-refractivity contribution >= 4 is 5.57 Å². The van der Waals surface area contributed by atoms with Gasteiger partial charge in [-0.25, -0.2) is 0 Å². The third kappa shape index (κ3) is 4.26. The summed E-state index contributed by atoms with van der Waals surface area (Å²) in [7, 11) is 0. The predicted octanol–water partition coefficient (Wildman–Crippen LogP) is 9.11. The van der Waals surface area contributed by atoms with Crippen molar-refractivity contribution in [3.8, 4) is 0 Å². The van der Waals surface area contributed by atoms with Gasteiger partial charge in [0.15, 0.2) is 0 Å². The van der Waals surface area contributed by atoms with Gasteiger partial charge in [0.1, 0.15) is 0 Å². The average Bonchev–Trinajstić information content (AvgIpc) is 3.57. The lowest BCUT2D eigenvalue weighted by molar-refractivity contribution is 0.345. The van der Waals surface area contributed by atoms with Gasteiger partial charge in [-0.15, -0.1) is 0 Å². The summed E-state index contributed by atoms with van der Waals surface area (Å²) in [6.45, 7) is 6.99. The largest absolute Gasteiger partial charge is 0.0798 e. The van der Waals surface area contributed by atoms with Crippen LogP contribution in [0.5, 0.6) is 0 Å². The Labute approximate surface area is 195 Å². The molecule has 0 spiro atoms. The van der Waals surface area contributed by atoms with E-state index in [-0.39, 0.29) is 0 Å². The van der Waals surface area contributed by atoms with E-state index in [1.807, 2.05) is 0 Å². The van der Waals surface area contributed by atoms with Crippen LogP contribution in [-0.4, -0.2) is 0 Å². The van der Waals surface area contributed by atoms with Gasteiger partial charge in [-0.2, -0.15) is 0 Å². The minimum absolute atomic E-state index is 0.359. The second-order valence-corrected chi connectivity index (χ2v) is 10.9. The first-order valence-electron chi connectivity index (χ1n) is 13.1. The normalized spacial score (nSPS) is 21.2. The highest BCUT2D eigenvalue weighted by atomic mass is 14.4. The number of hydrogen-bond acceptors (Lipinski definition) is 0. The van der Waals surface area contributed by atoms with Crippen LogP contribution in [0.3, 0.4) is 0 Å². The quantitative estimate of drug-likeness (QED) is 0.415. The molecule has 0 aliphatic heterocycles. The molecule has 2 saturated carbocycles. The van der Waals surface area contributed by atoms with Crippen molar-refractivity contribution in [1.82, 2.24) is 0 Å². The lowest BCUT2D eigenvalue weighted by atomic mass is 9.67. The molecule has 0 aromatic heterocycles. The van der Waals surface area contributed by atoms with Crippen molar-refractivity contribution in [3.63, 3.8) is 0 Å². The van der Waals surface area contributed by atoms with Crippen LogP contribution in [0.15, 0.2) is 60.2 Å². The molecule has 1 unspecified atom stereocenters. The first-order chi connectivity index (χ1) is 15.6. The minimum Gasteiger partial charge on any atom is -0.0798 e. The summed E-state index contributed by atoms with van der Waals surface area (Å²) in [6.07, 6.45) is 18.5. The summed E-state index contributed by atoms with van der Waals surface area (Å²) < 4.78 is 0. The summed E-state index contributed by atoms with van der Waals surface area (Å²) in [5.41, 5.74) is 11.2. The molecule has 2 aromatic carbocycles. The molecule has 3 aliphatic carbocycles. The van der Waals surface area contributed by atoms with Gasteiger partial charge in [0.25, 0.3) is 0 Å². The third-order valence-electron chi connectivity index (χ3n) is 8.73. The summed E-state index contributed by atoms with van der Waals surface area (Å²) in [4.78, 5) is 0. The van der Waals surface area contributed by atoms with Gasteiger partial charge in [-0.3, -0.25) is 0 Å².